The van der Waals surface area contributed by atoms with Gasteiger partial charge in [0.2, 0.25) is 0 Å². The number of piperazine rings is 1. The maximum Gasteiger partial charge on any atom is 0.355 e. The van der Waals surface area contributed by atoms with Crippen molar-refractivity contribution in [1.82, 2.24) is 29.1 Å². The molecule has 10 heteroatoms. The fraction of sp³-hybridized carbons (Fsp3) is 0.333. The first kappa shape index (κ1) is 19.9. The number of imidazole rings is 1. The Morgan fingerprint density at radius 2 is 1.84 bits per heavy atom. The Morgan fingerprint density at radius 3 is 2.61 bits per heavy atom. The standard InChI is InChI=1S/C21H20FN7O.ClH/c1-12-7-28-8-13(6-17(22)20(28)23-12)19-25-18-5-4-16(11-29(18)21(30)26-19)27-9-14-2-3-15(10-27)24-14;/h4-8,11,14-15,24H,2-3,9-10H2,1H3;1H. The summed E-state index contributed by atoms with van der Waals surface area (Å²) in [6.45, 7) is 3.66. The number of hydrogen-bond donors (Lipinski definition) is 1. The summed E-state index contributed by atoms with van der Waals surface area (Å²) in [5.74, 6) is -0.284. The van der Waals surface area contributed by atoms with Gasteiger partial charge in [-0.1, -0.05) is 0 Å². The average Bonchev–Trinajstić information content (AvgIpc) is 3.28. The number of fused-ring (bicyclic) bond motifs is 4. The third kappa shape index (κ3) is 3.34. The van der Waals surface area contributed by atoms with E-state index in [-0.39, 0.29) is 23.9 Å². The summed E-state index contributed by atoms with van der Waals surface area (Å²) < 4.78 is 17.5. The molecule has 0 spiro atoms. The van der Waals surface area contributed by atoms with Gasteiger partial charge in [-0.25, -0.2) is 23.6 Å². The van der Waals surface area contributed by atoms with Crippen LogP contribution in [0.15, 0.2) is 41.6 Å². The first-order chi connectivity index (χ1) is 14.5. The van der Waals surface area contributed by atoms with Crippen LogP contribution in [0, 0.1) is 12.7 Å². The van der Waals surface area contributed by atoms with Gasteiger partial charge in [-0.15, -0.1) is 12.4 Å². The van der Waals surface area contributed by atoms with Crippen LogP contribution in [-0.4, -0.2) is 48.9 Å². The summed E-state index contributed by atoms with van der Waals surface area (Å²) in [4.78, 5) is 27.9. The lowest BCUT2D eigenvalue weighted by atomic mass is 10.2. The van der Waals surface area contributed by atoms with E-state index < -0.39 is 11.5 Å². The van der Waals surface area contributed by atoms with Gasteiger partial charge in [0, 0.05) is 49.3 Å². The summed E-state index contributed by atoms with van der Waals surface area (Å²) in [5.41, 5.74) is 2.41. The molecule has 6 rings (SSSR count). The number of hydrogen-bond acceptors (Lipinski definition) is 6. The maximum atomic E-state index is 14.5. The van der Waals surface area contributed by atoms with Gasteiger partial charge in [0.15, 0.2) is 17.3 Å². The minimum absolute atomic E-state index is 0. The number of aryl methyl sites for hydroxylation is 1. The molecule has 2 saturated heterocycles. The van der Waals surface area contributed by atoms with Crippen molar-refractivity contribution < 1.29 is 4.39 Å². The highest BCUT2D eigenvalue weighted by atomic mass is 35.5. The molecule has 2 unspecified atom stereocenters. The molecular formula is C21H21ClFN7O. The van der Waals surface area contributed by atoms with Gasteiger partial charge < -0.3 is 14.6 Å². The number of aromatic nitrogens is 5. The molecule has 2 aliphatic heterocycles. The first-order valence-electron chi connectivity index (χ1n) is 10.1. The minimum atomic E-state index is -0.479. The van der Waals surface area contributed by atoms with E-state index in [9.17, 15) is 9.18 Å². The lowest BCUT2D eigenvalue weighted by Crippen LogP contribution is -2.51. The predicted molar refractivity (Wildman–Crippen MR) is 118 cm³/mol. The molecule has 0 amide bonds. The molecule has 2 aliphatic rings. The second-order valence-corrected chi connectivity index (χ2v) is 8.18. The van der Waals surface area contributed by atoms with Crippen molar-refractivity contribution in [2.24, 2.45) is 0 Å². The normalized spacial score (nSPS) is 20.4. The molecule has 4 aromatic heterocycles. The second kappa shape index (κ2) is 7.28. The highest BCUT2D eigenvalue weighted by Gasteiger charge is 2.32. The Morgan fingerprint density at radius 1 is 1.06 bits per heavy atom. The average molecular weight is 442 g/mol. The van der Waals surface area contributed by atoms with E-state index in [0.29, 0.717) is 29.0 Å². The van der Waals surface area contributed by atoms with E-state index in [1.165, 1.54) is 23.3 Å². The van der Waals surface area contributed by atoms with Crippen LogP contribution in [0.3, 0.4) is 0 Å². The van der Waals surface area contributed by atoms with Crippen LogP contribution < -0.4 is 15.9 Å². The minimum Gasteiger partial charge on any atom is -0.367 e. The maximum absolute atomic E-state index is 14.5. The summed E-state index contributed by atoms with van der Waals surface area (Å²) in [7, 11) is 0. The second-order valence-electron chi connectivity index (χ2n) is 8.18. The van der Waals surface area contributed by atoms with E-state index in [4.69, 9.17) is 0 Å². The van der Waals surface area contributed by atoms with Crippen molar-refractivity contribution in [3.8, 4) is 11.4 Å². The number of nitrogens with one attached hydrogen (secondary N) is 1. The van der Waals surface area contributed by atoms with Crippen molar-refractivity contribution >= 4 is 29.4 Å². The zero-order valence-corrected chi connectivity index (χ0v) is 17.6. The lowest BCUT2D eigenvalue weighted by molar-refractivity contribution is 0.465. The summed E-state index contributed by atoms with van der Waals surface area (Å²) in [6, 6.07) is 6.14. The summed E-state index contributed by atoms with van der Waals surface area (Å²) in [6.07, 6.45) is 7.60. The molecule has 0 saturated carbocycles. The third-order valence-electron chi connectivity index (χ3n) is 6.01. The molecule has 160 valence electrons. The SMILES string of the molecule is Cc1cn2cc(-c3nc(=O)n4cc(N5CC6CCC(C5)N6)ccc4n3)cc(F)c2n1.Cl. The van der Waals surface area contributed by atoms with Gasteiger partial charge in [0.1, 0.15) is 5.65 Å². The highest BCUT2D eigenvalue weighted by Crippen LogP contribution is 2.25. The van der Waals surface area contributed by atoms with Crippen LogP contribution in [0.1, 0.15) is 18.5 Å². The van der Waals surface area contributed by atoms with Crippen molar-refractivity contribution in [2.45, 2.75) is 31.8 Å². The Kier molecular flexibility index (Phi) is 4.67. The van der Waals surface area contributed by atoms with Crippen LogP contribution in [0.5, 0.6) is 0 Å². The van der Waals surface area contributed by atoms with Gasteiger partial charge in [-0.05, 0) is 38.0 Å². The quantitative estimate of drug-likeness (QED) is 0.514. The van der Waals surface area contributed by atoms with E-state index in [1.807, 2.05) is 12.1 Å². The van der Waals surface area contributed by atoms with Gasteiger partial charge in [0.05, 0.1) is 11.4 Å². The molecule has 2 bridgehead atoms. The van der Waals surface area contributed by atoms with Gasteiger partial charge in [0.25, 0.3) is 0 Å². The molecule has 0 radical (unpaired) electrons. The fourth-order valence-electron chi connectivity index (χ4n) is 4.63. The topological polar surface area (TPSA) is 79.8 Å². The summed E-state index contributed by atoms with van der Waals surface area (Å²) in [5, 5.41) is 3.61. The molecule has 1 N–H and O–H groups in total. The Bertz CT molecular complexity index is 1360. The van der Waals surface area contributed by atoms with Crippen LogP contribution in [0.4, 0.5) is 10.1 Å². The fourth-order valence-corrected chi connectivity index (χ4v) is 4.63. The van der Waals surface area contributed by atoms with Gasteiger partial charge in [-0.3, -0.25) is 0 Å². The first-order valence-corrected chi connectivity index (χ1v) is 10.1. The zero-order valence-electron chi connectivity index (χ0n) is 16.8. The monoisotopic (exact) mass is 441 g/mol. The van der Waals surface area contributed by atoms with E-state index >= 15 is 0 Å². The van der Waals surface area contributed by atoms with E-state index in [2.05, 4.69) is 25.2 Å². The van der Waals surface area contributed by atoms with Crippen molar-refractivity contribution in [3.05, 3.63) is 58.8 Å². The van der Waals surface area contributed by atoms with Crippen LogP contribution >= 0.6 is 12.4 Å². The highest BCUT2D eigenvalue weighted by molar-refractivity contribution is 5.85. The molecule has 31 heavy (non-hydrogen) atoms. The van der Waals surface area contributed by atoms with Crippen molar-refractivity contribution in [2.75, 3.05) is 18.0 Å². The van der Waals surface area contributed by atoms with E-state index in [0.717, 1.165) is 18.8 Å². The smallest absolute Gasteiger partial charge is 0.355 e. The predicted octanol–water partition coefficient (Wildman–Crippen LogP) is 2.21. The zero-order chi connectivity index (χ0) is 20.4. The van der Waals surface area contributed by atoms with Crippen LogP contribution in [0.2, 0.25) is 0 Å². The number of anilines is 1. The number of rotatable bonds is 2. The van der Waals surface area contributed by atoms with Gasteiger partial charge >= 0.3 is 5.69 Å². The largest absolute Gasteiger partial charge is 0.367 e. The Hall–Kier alpha value is -3.04. The summed E-state index contributed by atoms with van der Waals surface area (Å²) >= 11 is 0. The molecule has 4 aromatic rings. The number of pyridine rings is 2. The number of halogens is 2. The Balaban J connectivity index is 0.00000204. The Labute approximate surface area is 183 Å². The van der Waals surface area contributed by atoms with Gasteiger partial charge in [-0.2, -0.15) is 4.98 Å². The van der Waals surface area contributed by atoms with Crippen molar-refractivity contribution in [1.29, 1.82) is 0 Å². The molecule has 0 aromatic carbocycles. The molecular weight excluding hydrogens is 421 g/mol. The lowest BCUT2D eigenvalue weighted by Gasteiger charge is -2.34. The third-order valence-corrected chi connectivity index (χ3v) is 6.01. The molecule has 8 nitrogen and oxygen atoms in total. The molecule has 2 fully saturated rings. The number of nitrogens with zero attached hydrogens (tertiary/aromatic N) is 6. The molecule has 6 heterocycles. The molecule has 0 aliphatic carbocycles. The van der Waals surface area contributed by atoms with E-state index in [1.54, 1.807) is 29.9 Å². The van der Waals surface area contributed by atoms with Crippen LogP contribution in [-0.2, 0) is 0 Å². The molecule has 2 atom stereocenters. The van der Waals surface area contributed by atoms with Crippen LogP contribution in [0.25, 0.3) is 22.7 Å². The van der Waals surface area contributed by atoms with Crippen molar-refractivity contribution in [3.63, 3.8) is 0 Å².